The number of benzene rings is 2. The fraction of sp³-hybridized carbons (Fsp3) is 0.217. The summed E-state index contributed by atoms with van der Waals surface area (Å²) in [6.45, 7) is -0.913. The standard InChI is InChI=1S/C23H16F5N5O2/c24-12-2-5-16-15(10-12)32-22(35-16)31-11-17-23(27,28)6-9-33(17)21(34)18-13(3-4-14(25)19(18)26)20-29-7-1-8-30-20/h1-5,7-8,10,17H,6,9,11H2,(H,31,32)/t17-/m1/s1. The molecule has 0 bridgehead atoms. The van der Waals surface area contributed by atoms with Crippen molar-refractivity contribution in [3.63, 3.8) is 0 Å². The van der Waals surface area contributed by atoms with Crippen LogP contribution in [0.15, 0.2) is 53.2 Å². The van der Waals surface area contributed by atoms with Crippen LogP contribution in [-0.4, -0.2) is 50.8 Å². The molecule has 5 rings (SSSR count). The third kappa shape index (κ3) is 4.15. The molecule has 180 valence electrons. The third-order valence-corrected chi connectivity index (χ3v) is 5.72. The topological polar surface area (TPSA) is 84.2 Å². The maximum absolute atomic E-state index is 14.8. The van der Waals surface area contributed by atoms with Crippen LogP contribution < -0.4 is 5.32 Å². The Morgan fingerprint density at radius 2 is 1.91 bits per heavy atom. The van der Waals surface area contributed by atoms with Crippen molar-refractivity contribution in [1.82, 2.24) is 19.9 Å². The predicted octanol–water partition coefficient (Wildman–Crippen LogP) is 4.66. The van der Waals surface area contributed by atoms with Crippen molar-refractivity contribution in [1.29, 1.82) is 0 Å². The molecule has 0 unspecified atom stereocenters. The highest BCUT2D eigenvalue weighted by Crippen LogP contribution is 2.37. The number of hydrogen-bond acceptors (Lipinski definition) is 6. The van der Waals surface area contributed by atoms with Gasteiger partial charge in [-0.15, -0.1) is 0 Å². The number of aromatic nitrogens is 3. The largest absolute Gasteiger partial charge is 0.424 e. The number of carbonyl (C=O) groups excluding carboxylic acids is 1. The zero-order valence-corrected chi connectivity index (χ0v) is 17.8. The van der Waals surface area contributed by atoms with Crippen LogP contribution in [0.3, 0.4) is 0 Å². The minimum Gasteiger partial charge on any atom is -0.424 e. The number of alkyl halides is 2. The summed E-state index contributed by atoms with van der Waals surface area (Å²) in [5.41, 5.74) is -0.462. The van der Waals surface area contributed by atoms with Crippen molar-refractivity contribution >= 4 is 23.0 Å². The number of rotatable bonds is 5. The maximum Gasteiger partial charge on any atom is 0.295 e. The molecule has 1 aliphatic rings. The van der Waals surface area contributed by atoms with E-state index in [0.29, 0.717) is 0 Å². The van der Waals surface area contributed by atoms with Gasteiger partial charge in [0.2, 0.25) is 0 Å². The van der Waals surface area contributed by atoms with Gasteiger partial charge in [-0.3, -0.25) is 4.79 Å². The number of carbonyl (C=O) groups is 1. The number of nitrogens with one attached hydrogen (secondary N) is 1. The molecule has 2 aromatic heterocycles. The van der Waals surface area contributed by atoms with E-state index in [1.165, 1.54) is 24.5 Å². The van der Waals surface area contributed by atoms with E-state index in [1.54, 1.807) is 0 Å². The Balaban J connectivity index is 1.46. The number of hydrogen-bond donors (Lipinski definition) is 1. The number of oxazole rings is 1. The summed E-state index contributed by atoms with van der Waals surface area (Å²) in [7, 11) is 0. The lowest BCUT2D eigenvalue weighted by Crippen LogP contribution is -2.47. The first-order valence-corrected chi connectivity index (χ1v) is 10.5. The molecule has 7 nitrogen and oxygen atoms in total. The number of anilines is 1. The predicted molar refractivity (Wildman–Crippen MR) is 114 cm³/mol. The number of amides is 1. The molecule has 1 atom stereocenters. The average Bonchev–Trinajstić information content (AvgIpc) is 3.38. The van der Waals surface area contributed by atoms with Gasteiger partial charge < -0.3 is 14.6 Å². The lowest BCUT2D eigenvalue weighted by Gasteiger charge is -2.28. The zero-order valence-electron chi connectivity index (χ0n) is 17.8. The molecule has 35 heavy (non-hydrogen) atoms. The Morgan fingerprint density at radius 3 is 2.69 bits per heavy atom. The second-order valence-corrected chi connectivity index (χ2v) is 7.89. The molecule has 3 heterocycles. The summed E-state index contributed by atoms with van der Waals surface area (Å²) in [5.74, 6) is -7.88. The molecular formula is C23H16F5N5O2. The van der Waals surface area contributed by atoms with Gasteiger partial charge in [0.25, 0.3) is 17.8 Å². The van der Waals surface area contributed by atoms with Crippen LogP contribution in [0.25, 0.3) is 22.5 Å². The van der Waals surface area contributed by atoms with Gasteiger partial charge in [0, 0.05) is 43.5 Å². The monoisotopic (exact) mass is 489 g/mol. The molecule has 1 fully saturated rings. The van der Waals surface area contributed by atoms with Gasteiger partial charge in [-0.2, -0.15) is 4.98 Å². The van der Waals surface area contributed by atoms with Gasteiger partial charge in [-0.05, 0) is 30.3 Å². The molecule has 1 saturated heterocycles. The van der Waals surface area contributed by atoms with Crippen molar-refractivity contribution in [2.45, 2.75) is 18.4 Å². The number of fused-ring (bicyclic) bond motifs is 1. The second kappa shape index (κ2) is 8.60. The second-order valence-electron chi connectivity index (χ2n) is 7.89. The smallest absolute Gasteiger partial charge is 0.295 e. The number of likely N-dealkylation sites (tertiary alicyclic amines) is 1. The van der Waals surface area contributed by atoms with Crippen LogP contribution in [0, 0.1) is 17.5 Å². The van der Waals surface area contributed by atoms with Crippen molar-refractivity contribution in [3.05, 3.63) is 71.8 Å². The van der Waals surface area contributed by atoms with Gasteiger partial charge in [-0.25, -0.2) is 31.9 Å². The van der Waals surface area contributed by atoms with Gasteiger partial charge in [0.15, 0.2) is 23.0 Å². The summed E-state index contributed by atoms with van der Waals surface area (Å²) >= 11 is 0. The Bertz CT molecular complexity index is 1410. The molecule has 0 saturated carbocycles. The van der Waals surface area contributed by atoms with Crippen LogP contribution in [0.1, 0.15) is 16.8 Å². The minimum atomic E-state index is -3.34. The Morgan fingerprint density at radius 1 is 1.14 bits per heavy atom. The summed E-state index contributed by atoms with van der Waals surface area (Å²) < 4.78 is 77.2. The first kappa shape index (κ1) is 22.7. The van der Waals surface area contributed by atoms with Crippen LogP contribution in [0.5, 0.6) is 0 Å². The molecule has 1 amide bonds. The van der Waals surface area contributed by atoms with Gasteiger partial charge >= 0.3 is 0 Å². The Hall–Kier alpha value is -4.09. The summed E-state index contributed by atoms with van der Waals surface area (Å²) in [4.78, 5) is 26.0. The molecule has 12 heteroatoms. The molecule has 2 aromatic carbocycles. The Kier molecular flexibility index (Phi) is 5.58. The normalized spacial score (nSPS) is 17.2. The van der Waals surface area contributed by atoms with E-state index in [9.17, 15) is 26.7 Å². The van der Waals surface area contributed by atoms with Gasteiger partial charge in [0.1, 0.15) is 17.4 Å². The highest BCUT2D eigenvalue weighted by Gasteiger charge is 2.51. The molecular weight excluding hydrogens is 473 g/mol. The molecule has 1 aliphatic heterocycles. The molecule has 1 N–H and O–H groups in total. The van der Waals surface area contributed by atoms with Crippen molar-refractivity contribution in [3.8, 4) is 11.4 Å². The SMILES string of the molecule is O=C(c1c(-c2ncccn2)ccc(F)c1F)N1CCC(F)(F)[C@H]1CNc1nc2cc(F)ccc2o1. The lowest BCUT2D eigenvalue weighted by atomic mass is 10.0. The highest BCUT2D eigenvalue weighted by atomic mass is 19.3. The molecule has 0 spiro atoms. The number of halogens is 5. The highest BCUT2D eigenvalue weighted by molar-refractivity contribution is 6.01. The minimum absolute atomic E-state index is 0.0610. The van der Waals surface area contributed by atoms with Crippen LogP contribution in [0.2, 0.25) is 0 Å². The fourth-order valence-electron chi connectivity index (χ4n) is 4.01. The van der Waals surface area contributed by atoms with Crippen molar-refractivity contribution < 1.29 is 31.2 Å². The van der Waals surface area contributed by atoms with E-state index >= 15 is 0 Å². The van der Waals surface area contributed by atoms with E-state index < -0.39 is 60.4 Å². The van der Waals surface area contributed by atoms with E-state index in [-0.39, 0.29) is 28.5 Å². The zero-order chi connectivity index (χ0) is 24.7. The summed E-state index contributed by atoms with van der Waals surface area (Å²) in [5, 5.41) is 2.59. The number of nitrogens with zero attached hydrogens (tertiary/aromatic N) is 4. The first-order chi connectivity index (χ1) is 16.7. The fourth-order valence-corrected chi connectivity index (χ4v) is 4.01. The van der Waals surface area contributed by atoms with E-state index in [1.807, 2.05) is 0 Å². The maximum atomic E-state index is 14.8. The van der Waals surface area contributed by atoms with Crippen LogP contribution in [0.4, 0.5) is 28.0 Å². The molecule has 0 aliphatic carbocycles. The average molecular weight is 489 g/mol. The van der Waals surface area contributed by atoms with Crippen LogP contribution >= 0.6 is 0 Å². The quantitative estimate of drug-likeness (QED) is 0.411. The van der Waals surface area contributed by atoms with E-state index in [0.717, 1.165) is 29.2 Å². The summed E-state index contributed by atoms with van der Waals surface area (Å²) in [6, 6.07) is 5.15. The Labute approximate surface area is 194 Å². The molecule has 4 aromatic rings. The van der Waals surface area contributed by atoms with Crippen LogP contribution in [-0.2, 0) is 0 Å². The van der Waals surface area contributed by atoms with Gasteiger partial charge in [0.05, 0.1) is 5.56 Å². The van der Waals surface area contributed by atoms with Gasteiger partial charge in [-0.1, -0.05) is 0 Å². The first-order valence-electron chi connectivity index (χ1n) is 10.5. The lowest BCUT2D eigenvalue weighted by molar-refractivity contribution is -0.0250. The third-order valence-electron chi connectivity index (χ3n) is 5.72. The van der Waals surface area contributed by atoms with E-state index in [2.05, 4.69) is 20.3 Å². The van der Waals surface area contributed by atoms with Crippen molar-refractivity contribution in [2.75, 3.05) is 18.4 Å². The van der Waals surface area contributed by atoms with E-state index in [4.69, 9.17) is 4.42 Å². The summed E-state index contributed by atoms with van der Waals surface area (Å²) in [6.07, 6.45) is 2.01. The van der Waals surface area contributed by atoms with Crippen molar-refractivity contribution in [2.24, 2.45) is 0 Å². The molecule has 0 radical (unpaired) electrons.